The SMILES string of the molecule is CNCCC1CCN(CCC2CC2)CC1. The van der Waals surface area contributed by atoms with Gasteiger partial charge in [-0.2, -0.15) is 0 Å². The summed E-state index contributed by atoms with van der Waals surface area (Å²) in [6.45, 7) is 5.30. The van der Waals surface area contributed by atoms with Gasteiger partial charge in [0.2, 0.25) is 0 Å². The molecule has 0 spiro atoms. The summed E-state index contributed by atoms with van der Waals surface area (Å²) in [5.41, 5.74) is 0. The van der Waals surface area contributed by atoms with Crippen molar-refractivity contribution in [3.8, 4) is 0 Å². The van der Waals surface area contributed by atoms with Gasteiger partial charge >= 0.3 is 0 Å². The highest BCUT2D eigenvalue weighted by Crippen LogP contribution is 2.32. The Morgan fingerprint density at radius 1 is 1.00 bits per heavy atom. The topological polar surface area (TPSA) is 15.3 Å². The molecule has 0 aromatic carbocycles. The molecule has 2 heteroatoms. The third-order valence-electron chi connectivity index (χ3n) is 4.06. The average Bonchev–Trinajstić information content (AvgIpc) is 3.09. The lowest BCUT2D eigenvalue weighted by Gasteiger charge is -2.31. The van der Waals surface area contributed by atoms with Crippen molar-refractivity contribution in [3.63, 3.8) is 0 Å². The summed E-state index contributed by atoms with van der Waals surface area (Å²) in [5, 5.41) is 3.26. The van der Waals surface area contributed by atoms with Crippen LogP contribution in [0.5, 0.6) is 0 Å². The monoisotopic (exact) mass is 210 g/mol. The minimum atomic E-state index is 0.995. The maximum atomic E-state index is 3.26. The minimum absolute atomic E-state index is 0.995. The van der Waals surface area contributed by atoms with Crippen LogP contribution in [0.15, 0.2) is 0 Å². The molecular weight excluding hydrogens is 184 g/mol. The summed E-state index contributed by atoms with van der Waals surface area (Å²) in [7, 11) is 2.06. The molecule has 0 unspecified atom stereocenters. The predicted molar refractivity (Wildman–Crippen MR) is 65.0 cm³/mol. The van der Waals surface area contributed by atoms with E-state index in [1.54, 1.807) is 0 Å². The Balaban J connectivity index is 1.54. The first-order valence-corrected chi connectivity index (χ1v) is 6.75. The Morgan fingerprint density at radius 3 is 2.27 bits per heavy atom. The van der Waals surface area contributed by atoms with E-state index in [0.29, 0.717) is 0 Å². The molecule has 2 fully saturated rings. The van der Waals surface area contributed by atoms with Crippen molar-refractivity contribution in [1.29, 1.82) is 0 Å². The summed E-state index contributed by atoms with van der Waals surface area (Å²) >= 11 is 0. The van der Waals surface area contributed by atoms with Crippen molar-refractivity contribution in [2.24, 2.45) is 11.8 Å². The lowest BCUT2D eigenvalue weighted by Crippen LogP contribution is -2.35. The van der Waals surface area contributed by atoms with Crippen molar-refractivity contribution in [2.75, 3.05) is 33.2 Å². The second-order valence-corrected chi connectivity index (χ2v) is 5.41. The van der Waals surface area contributed by atoms with Crippen LogP contribution in [0.2, 0.25) is 0 Å². The standard InChI is InChI=1S/C13H26N2/c1-14-8-4-13-6-10-15(11-7-13)9-5-12-2-3-12/h12-14H,2-11H2,1H3. The van der Waals surface area contributed by atoms with Crippen molar-refractivity contribution in [3.05, 3.63) is 0 Å². The fraction of sp³-hybridized carbons (Fsp3) is 1.00. The summed E-state index contributed by atoms with van der Waals surface area (Å²) in [6, 6.07) is 0. The molecule has 0 aromatic rings. The zero-order chi connectivity index (χ0) is 10.5. The molecule has 1 aliphatic carbocycles. The minimum Gasteiger partial charge on any atom is -0.320 e. The van der Waals surface area contributed by atoms with E-state index in [1.807, 2.05) is 0 Å². The van der Waals surface area contributed by atoms with E-state index in [1.165, 1.54) is 64.7 Å². The first-order valence-electron chi connectivity index (χ1n) is 6.75. The molecule has 88 valence electrons. The van der Waals surface area contributed by atoms with Crippen molar-refractivity contribution < 1.29 is 0 Å². The van der Waals surface area contributed by atoms with Gasteiger partial charge in [-0.15, -0.1) is 0 Å². The molecule has 1 saturated carbocycles. The molecule has 2 rings (SSSR count). The molecule has 1 N–H and O–H groups in total. The Kier molecular flexibility index (Phi) is 4.45. The van der Waals surface area contributed by atoms with Crippen LogP contribution < -0.4 is 5.32 Å². The van der Waals surface area contributed by atoms with Crippen molar-refractivity contribution in [2.45, 2.75) is 38.5 Å². The third-order valence-corrected chi connectivity index (χ3v) is 4.06. The van der Waals surface area contributed by atoms with Gasteiger partial charge in [-0.1, -0.05) is 12.8 Å². The first kappa shape index (κ1) is 11.4. The zero-order valence-corrected chi connectivity index (χ0v) is 10.2. The second kappa shape index (κ2) is 5.86. The molecule has 2 nitrogen and oxygen atoms in total. The van der Waals surface area contributed by atoms with Crippen LogP contribution in [0.25, 0.3) is 0 Å². The number of nitrogens with one attached hydrogen (secondary N) is 1. The van der Waals surface area contributed by atoms with Gasteiger partial charge < -0.3 is 10.2 Å². The van der Waals surface area contributed by atoms with Gasteiger partial charge in [0.25, 0.3) is 0 Å². The van der Waals surface area contributed by atoms with E-state index in [4.69, 9.17) is 0 Å². The van der Waals surface area contributed by atoms with Gasteiger partial charge in [0, 0.05) is 0 Å². The molecule has 0 atom stereocenters. The van der Waals surface area contributed by atoms with Crippen molar-refractivity contribution >= 4 is 0 Å². The number of nitrogens with zero attached hydrogens (tertiary/aromatic N) is 1. The molecule has 0 aromatic heterocycles. The van der Waals surface area contributed by atoms with Crippen LogP contribution in [-0.2, 0) is 0 Å². The molecule has 2 aliphatic rings. The quantitative estimate of drug-likeness (QED) is 0.722. The van der Waals surface area contributed by atoms with E-state index in [0.717, 1.165) is 11.8 Å². The van der Waals surface area contributed by atoms with Crippen LogP contribution in [0.1, 0.15) is 38.5 Å². The Hall–Kier alpha value is -0.0800. The van der Waals surface area contributed by atoms with E-state index in [-0.39, 0.29) is 0 Å². The Morgan fingerprint density at radius 2 is 1.67 bits per heavy atom. The molecule has 1 saturated heterocycles. The molecule has 0 bridgehead atoms. The summed E-state index contributed by atoms with van der Waals surface area (Å²) in [4.78, 5) is 2.69. The fourth-order valence-corrected chi connectivity index (χ4v) is 2.62. The number of hydrogen-bond donors (Lipinski definition) is 1. The van der Waals surface area contributed by atoms with Crippen LogP contribution in [0, 0.1) is 11.8 Å². The van der Waals surface area contributed by atoms with Gasteiger partial charge in [0.05, 0.1) is 0 Å². The van der Waals surface area contributed by atoms with Crippen LogP contribution in [-0.4, -0.2) is 38.1 Å². The maximum absolute atomic E-state index is 3.26. The number of piperidine rings is 1. The largest absolute Gasteiger partial charge is 0.320 e. The van der Waals surface area contributed by atoms with Crippen LogP contribution in [0.3, 0.4) is 0 Å². The third kappa shape index (κ3) is 4.12. The second-order valence-electron chi connectivity index (χ2n) is 5.41. The average molecular weight is 210 g/mol. The highest BCUT2D eigenvalue weighted by Gasteiger charge is 2.23. The lowest BCUT2D eigenvalue weighted by molar-refractivity contribution is 0.175. The van der Waals surface area contributed by atoms with Crippen LogP contribution in [0.4, 0.5) is 0 Å². The highest BCUT2D eigenvalue weighted by atomic mass is 15.1. The summed E-state index contributed by atoms with van der Waals surface area (Å²) in [5.74, 6) is 2.10. The first-order chi connectivity index (χ1) is 7.38. The molecule has 0 radical (unpaired) electrons. The van der Waals surface area contributed by atoms with Gasteiger partial charge in [-0.25, -0.2) is 0 Å². The summed E-state index contributed by atoms with van der Waals surface area (Å²) < 4.78 is 0. The molecule has 1 heterocycles. The highest BCUT2D eigenvalue weighted by molar-refractivity contribution is 4.77. The zero-order valence-electron chi connectivity index (χ0n) is 10.2. The van der Waals surface area contributed by atoms with E-state index < -0.39 is 0 Å². The molecule has 15 heavy (non-hydrogen) atoms. The van der Waals surface area contributed by atoms with Gasteiger partial charge in [-0.05, 0) is 70.7 Å². The number of likely N-dealkylation sites (tertiary alicyclic amines) is 1. The summed E-state index contributed by atoms with van der Waals surface area (Å²) in [6.07, 6.45) is 8.75. The van der Waals surface area contributed by atoms with E-state index in [2.05, 4.69) is 17.3 Å². The normalized spacial score (nSPS) is 24.6. The number of rotatable bonds is 6. The predicted octanol–water partition coefficient (Wildman–Crippen LogP) is 2.11. The Labute approximate surface area is 94.4 Å². The smallest absolute Gasteiger partial charge is 0.00161 e. The van der Waals surface area contributed by atoms with Gasteiger partial charge in [0.15, 0.2) is 0 Å². The number of hydrogen-bond acceptors (Lipinski definition) is 2. The van der Waals surface area contributed by atoms with Gasteiger partial charge in [-0.3, -0.25) is 0 Å². The Bertz CT molecular complexity index is 169. The van der Waals surface area contributed by atoms with Gasteiger partial charge in [0.1, 0.15) is 0 Å². The lowest BCUT2D eigenvalue weighted by atomic mass is 9.93. The maximum Gasteiger partial charge on any atom is -0.00161 e. The molecule has 1 aliphatic heterocycles. The van der Waals surface area contributed by atoms with E-state index >= 15 is 0 Å². The molecule has 0 amide bonds. The van der Waals surface area contributed by atoms with Crippen molar-refractivity contribution in [1.82, 2.24) is 10.2 Å². The van der Waals surface area contributed by atoms with E-state index in [9.17, 15) is 0 Å². The molecular formula is C13H26N2. The fourth-order valence-electron chi connectivity index (χ4n) is 2.62. The van der Waals surface area contributed by atoms with Crippen LogP contribution >= 0.6 is 0 Å².